The van der Waals surface area contributed by atoms with Crippen molar-refractivity contribution < 1.29 is 27.8 Å². The molecule has 1 atom stereocenters. The maximum Gasteiger partial charge on any atom is 0.410 e. The standard InChI is InChI=1S/C15H15F3N4O3/c1-15(2)21(14(23)24)11(6-25-15)8-3-4-10(9(16)5-8)22-13(12(17)18)19-7-20-22/h3-5,7,11-12H,6H2,1-2H3,(H,23,24). The summed E-state index contributed by atoms with van der Waals surface area (Å²) in [4.78, 5) is 16.0. The second-order valence-corrected chi connectivity index (χ2v) is 5.97. The molecular formula is C15H15F3N4O3. The first-order chi connectivity index (χ1) is 11.7. The summed E-state index contributed by atoms with van der Waals surface area (Å²) < 4.78 is 46.5. The number of halogens is 3. The second kappa shape index (κ2) is 6.03. The Balaban J connectivity index is 1.98. The lowest BCUT2D eigenvalue weighted by Crippen LogP contribution is -2.44. The minimum atomic E-state index is -2.91. The van der Waals surface area contributed by atoms with Crippen molar-refractivity contribution in [1.82, 2.24) is 19.7 Å². The molecule has 1 fully saturated rings. The first-order valence-corrected chi connectivity index (χ1v) is 7.36. The van der Waals surface area contributed by atoms with Gasteiger partial charge in [-0.3, -0.25) is 4.90 Å². The van der Waals surface area contributed by atoms with E-state index in [1.165, 1.54) is 12.1 Å². The smallest absolute Gasteiger partial charge is 0.410 e. The van der Waals surface area contributed by atoms with E-state index in [9.17, 15) is 23.1 Å². The van der Waals surface area contributed by atoms with Gasteiger partial charge in [-0.15, -0.1) is 0 Å². The van der Waals surface area contributed by atoms with Crippen LogP contribution in [0.25, 0.3) is 5.69 Å². The molecule has 3 rings (SSSR count). The monoisotopic (exact) mass is 356 g/mol. The molecule has 1 N–H and O–H groups in total. The van der Waals surface area contributed by atoms with Crippen LogP contribution in [0.1, 0.15) is 37.7 Å². The van der Waals surface area contributed by atoms with Gasteiger partial charge in [-0.25, -0.2) is 27.6 Å². The van der Waals surface area contributed by atoms with E-state index >= 15 is 0 Å². The average molecular weight is 356 g/mol. The van der Waals surface area contributed by atoms with Gasteiger partial charge >= 0.3 is 6.09 Å². The number of benzene rings is 1. The highest BCUT2D eigenvalue weighted by atomic mass is 19.3. The van der Waals surface area contributed by atoms with Crippen LogP contribution in [0.15, 0.2) is 24.5 Å². The third kappa shape index (κ3) is 2.93. The number of hydrogen-bond acceptors (Lipinski definition) is 4. The summed E-state index contributed by atoms with van der Waals surface area (Å²) in [6.07, 6.45) is -3.20. The van der Waals surface area contributed by atoms with Crippen molar-refractivity contribution in [2.45, 2.75) is 32.0 Å². The zero-order valence-electron chi connectivity index (χ0n) is 13.4. The van der Waals surface area contributed by atoms with E-state index in [1.807, 2.05) is 0 Å². The van der Waals surface area contributed by atoms with Crippen molar-refractivity contribution in [3.63, 3.8) is 0 Å². The molecule has 1 saturated heterocycles. The number of carboxylic acid groups (broad SMARTS) is 1. The Kier molecular flexibility index (Phi) is 4.15. The van der Waals surface area contributed by atoms with Gasteiger partial charge in [0.2, 0.25) is 0 Å². The van der Waals surface area contributed by atoms with Crippen molar-refractivity contribution in [3.8, 4) is 5.69 Å². The first-order valence-electron chi connectivity index (χ1n) is 7.36. The molecule has 1 aliphatic heterocycles. The molecule has 134 valence electrons. The van der Waals surface area contributed by atoms with Crippen molar-refractivity contribution >= 4 is 6.09 Å². The summed E-state index contributed by atoms with van der Waals surface area (Å²) in [5.41, 5.74) is -0.898. The summed E-state index contributed by atoms with van der Waals surface area (Å²) in [6, 6.07) is 3.11. The van der Waals surface area contributed by atoms with Gasteiger partial charge in [0.05, 0.1) is 12.6 Å². The zero-order valence-corrected chi connectivity index (χ0v) is 13.4. The fourth-order valence-electron chi connectivity index (χ4n) is 2.90. The minimum Gasteiger partial charge on any atom is -0.465 e. The van der Waals surface area contributed by atoms with Gasteiger partial charge in [-0.1, -0.05) is 6.07 Å². The van der Waals surface area contributed by atoms with E-state index in [4.69, 9.17) is 4.74 Å². The highest BCUT2D eigenvalue weighted by Crippen LogP contribution is 2.37. The molecule has 10 heteroatoms. The van der Waals surface area contributed by atoms with Gasteiger partial charge < -0.3 is 9.84 Å². The SMILES string of the molecule is CC1(C)OCC(c2ccc(-n3ncnc3C(F)F)c(F)c2)N1C(=O)O. The molecule has 0 aliphatic carbocycles. The third-order valence-corrected chi connectivity index (χ3v) is 4.05. The van der Waals surface area contributed by atoms with Crippen molar-refractivity contribution in [2.24, 2.45) is 0 Å². The number of aromatic nitrogens is 3. The Hall–Kier alpha value is -2.62. The number of ether oxygens (including phenoxy) is 1. The topological polar surface area (TPSA) is 80.5 Å². The number of amides is 1. The van der Waals surface area contributed by atoms with Crippen LogP contribution in [0.4, 0.5) is 18.0 Å². The highest BCUT2D eigenvalue weighted by molar-refractivity contribution is 5.67. The van der Waals surface area contributed by atoms with Gasteiger partial charge in [0.25, 0.3) is 6.43 Å². The van der Waals surface area contributed by atoms with Crippen LogP contribution in [0.2, 0.25) is 0 Å². The van der Waals surface area contributed by atoms with Crippen LogP contribution in [-0.4, -0.2) is 43.2 Å². The molecule has 1 unspecified atom stereocenters. The fraction of sp³-hybridized carbons (Fsp3) is 0.400. The van der Waals surface area contributed by atoms with Crippen LogP contribution in [0.5, 0.6) is 0 Å². The molecule has 0 saturated carbocycles. The molecule has 0 bridgehead atoms. The summed E-state index contributed by atoms with van der Waals surface area (Å²) in [5, 5.41) is 13.0. The van der Waals surface area contributed by atoms with Gasteiger partial charge in [0, 0.05) is 0 Å². The summed E-state index contributed by atoms with van der Waals surface area (Å²) in [5.74, 6) is -1.50. The number of hydrogen-bond donors (Lipinski definition) is 1. The molecule has 0 spiro atoms. The summed E-state index contributed by atoms with van der Waals surface area (Å²) >= 11 is 0. The van der Waals surface area contributed by atoms with Crippen LogP contribution in [0, 0.1) is 5.82 Å². The predicted molar refractivity (Wildman–Crippen MR) is 78.9 cm³/mol. The Bertz CT molecular complexity index is 809. The number of rotatable bonds is 3. The van der Waals surface area contributed by atoms with Crippen molar-refractivity contribution in [2.75, 3.05) is 6.61 Å². The number of alkyl halides is 2. The maximum atomic E-state index is 14.5. The average Bonchev–Trinajstić information content (AvgIpc) is 3.11. The molecule has 1 amide bonds. The summed E-state index contributed by atoms with van der Waals surface area (Å²) in [7, 11) is 0. The fourth-order valence-corrected chi connectivity index (χ4v) is 2.90. The van der Waals surface area contributed by atoms with Gasteiger partial charge in [0.15, 0.2) is 5.82 Å². The van der Waals surface area contributed by atoms with E-state index in [0.717, 1.165) is 17.3 Å². The Morgan fingerprint density at radius 2 is 2.16 bits per heavy atom. The lowest BCUT2D eigenvalue weighted by atomic mass is 10.0. The minimum absolute atomic E-state index is 0.0592. The maximum absolute atomic E-state index is 14.5. The van der Waals surface area contributed by atoms with Crippen LogP contribution >= 0.6 is 0 Å². The zero-order chi connectivity index (χ0) is 18.4. The molecule has 1 aromatic carbocycles. The van der Waals surface area contributed by atoms with Crippen LogP contribution in [0.3, 0.4) is 0 Å². The highest BCUT2D eigenvalue weighted by Gasteiger charge is 2.44. The first kappa shape index (κ1) is 17.2. The third-order valence-electron chi connectivity index (χ3n) is 4.05. The normalized spacial score (nSPS) is 19.6. The van der Waals surface area contributed by atoms with E-state index in [0.29, 0.717) is 10.2 Å². The number of carbonyl (C=O) groups is 1. The van der Waals surface area contributed by atoms with E-state index in [2.05, 4.69) is 10.1 Å². The van der Waals surface area contributed by atoms with Gasteiger partial charge in [-0.2, -0.15) is 5.10 Å². The van der Waals surface area contributed by atoms with Gasteiger partial charge in [-0.05, 0) is 31.5 Å². The largest absolute Gasteiger partial charge is 0.465 e. The molecule has 1 aromatic heterocycles. The Morgan fingerprint density at radius 1 is 1.44 bits per heavy atom. The Labute approximate surface area is 140 Å². The van der Waals surface area contributed by atoms with E-state index < -0.39 is 35.9 Å². The lowest BCUT2D eigenvalue weighted by Gasteiger charge is -2.31. The van der Waals surface area contributed by atoms with Crippen molar-refractivity contribution in [3.05, 3.63) is 41.7 Å². The molecule has 1 aliphatic rings. The number of nitrogens with zero attached hydrogens (tertiary/aromatic N) is 4. The molecule has 0 radical (unpaired) electrons. The predicted octanol–water partition coefficient (Wildman–Crippen LogP) is 3.13. The molecule has 25 heavy (non-hydrogen) atoms. The van der Waals surface area contributed by atoms with Crippen LogP contribution < -0.4 is 0 Å². The molecular weight excluding hydrogens is 341 g/mol. The van der Waals surface area contributed by atoms with E-state index in [1.54, 1.807) is 13.8 Å². The molecule has 7 nitrogen and oxygen atoms in total. The Morgan fingerprint density at radius 3 is 2.76 bits per heavy atom. The quantitative estimate of drug-likeness (QED) is 0.914. The van der Waals surface area contributed by atoms with Crippen LogP contribution in [-0.2, 0) is 4.74 Å². The molecule has 2 aromatic rings. The van der Waals surface area contributed by atoms with Crippen molar-refractivity contribution in [1.29, 1.82) is 0 Å². The van der Waals surface area contributed by atoms with E-state index in [-0.39, 0.29) is 12.3 Å². The lowest BCUT2D eigenvalue weighted by molar-refractivity contribution is -0.0420. The summed E-state index contributed by atoms with van der Waals surface area (Å²) in [6.45, 7) is 3.25. The molecule has 2 heterocycles. The second-order valence-electron chi connectivity index (χ2n) is 5.97. The van der Waals surface area contributed by atoms with Gasteiger partial charge in [0.1, 0.15) is 23.6 Å².